The number of ether oxygens (including phenoxy) is 2. The maximum absolute atomic E-state index is 13.2. The summed E-state index contributed by atoms with van der Waals surface area (Å²) in [6, 6.07) is 0. The largest absolute Gasteiger partial charge is 0.748 e. The minimum Gasteiger partial charge on any atom is -0.748 e. The van der Waals surface area contributed by atoms with Crippen molar-refractivity contribution < 1.29 is 36.8 Å². The minimum absolute atomic E-state index is 0.0889. The lowest BCUT2D eigenvalue weighted by molar-refractivity contribution is -0.152. The number of hydrogen-bond acceptors (Lipinski definition) is 8. The van der Waals surface area contributed by atoms with Gasteiger partial charge in [0.2, 0.25) is 11.8 Å². The highest BCUT2D eigenvalue weighted by atomic mass is 32.2. The third kappa shape index (κ3) is 17.6. The highest BCUT2D eigenvalue weighted by Crippen LogP contribution is 2.26. The molecule has 2 amide bonds. The van der Waals surface area contributed by atoms with Gasteiger partial charge in [0.15, 0.2) is 0 Å². The normalized spacial score (nSPS) is 15.2. The van der Waals surface area contributed by atoms with Gasteiger partial charge in [-0.3, -0.25) is 14.4 Å². The second-order valence-corrected chi connectivity index (χ2v) is 12.6. The highest BCUT2D eigenvalue weighted by molar-refractivity contribution is 7.85. The van der Waals surface area contributed by atoms with Gasteiger partial charge in [-0.1, -0.05) is 60.3 Å². The van der Waals surface area contributed by atoms with Gasteiger partial charge in [-0.05, 0) is 51.9 Å². The van der Waals surface area contributed by atoms with Crippen molar-refractivity contribution in [3.8, 4) is 0 Å². The Kier molecular flexibility index (Phi) is 18.5. The number of rotatable bonds is 22. The molecular weight excluding hydrogens is 524 g/mol. The molecule has 10 nitrogen and oxygen atoms in total. The van der Waals surface area contributed by atoms with E-state index in [4.69, 9.17) is 9.47 Å². The molecule has 2 N–H and O–H groups in total. The van der Waals surface area contributed by atoms with Crippen LogP contribution in [0.1, 0.15) is 106 Å². The van der Waals surface area contributed by atoms with Crippen molar-refractivity contribution in [1.82, 2.24) is 10.6 Å². The molecule has 0 aliphatic carbocycles. The number of amides is 2. The molecule has 0 spiro atoms. The monoisotopic (exact) mass is 577 g/mol. The topological polar surface area (TPSA) is 151 Å². The van der Waals surface area contributed by atoms with E-state index < -0.39 is 51.0 Å². The first-order valence-corrected chi connectivity index (χ1v) is 16.0. The number of esters is 1. The zero-order valence-corrected chi connectivity index (χ0v) is 26.0. The summed E-state index contributed by atoms with van der Waals surface area (Å²) in [5, 5.41) is 5.38. The van der Waals surface area contributed by atoms with Gasteiger partial charge >= 0.3 is 5.97 Å². The molecule has 39 heavy (non-hydrogen) atoms. The second kappa shape index (κ2) is 19.4. The second-order valence-electron chi connectivity index (χ2n) is 11.2. The summed E-state index contributed by atoms with van der Waals surface area (Å²) in [4.78, 5) is 39.0. The van der Waals surface area contributed by atoms with Gasteiger partial charge in [-0.15, -0.1) is 0 Å². The lowest BCUT2D eigenvalue weighted by Crippen LogP contribution is -2.50. The molecule has 0 saturated heterocycles. The van der Waals surface area contributed by atoms with E-state index in [0.29, 0.717) is 13.0 Å². The van der Waals surface area contributed by atoms with Gasteiger partial charge in [0.1, 0.15) is 6.73 Å². The Bertz CT molecular complexity index is 831. The average Bonchev–Trinajstić information content (AvgIpc) is 2.84. The van der Waals surface area contributed by atoms with Crippen LogP contribution in [0.2, 0.25) is 0 Å². The number of carbonyl (C=O) groups excluding carboxylic acids is 3. The Morgan fingerprint density at radius 2 is 1.56 bits per heavy atom. The summed E-state index contributed by atoms with van der Waals surface area (Å²) in [6.07, 6.45) is 6.53. The van der Waals surface area contributed by atoms with E-state index in [9.17, 15) is 27.4 Å². The number of unbranched alkanes of at least 4 members (excludes halogenated alkanes) is 2. The first-order chi connectivity index (χ1) is 18.2. The summed E-state index contributed by atoms with van der Waals surface area (Å²) in [6.45, 7) is 13.6. The van der Waals surface area contributed by atoms with Crippen molar-refractivity contribution >= 4 is 27.9 Å². The fourth-order valence-corrected chi connectivity index (χ4v) is 5.33. The summed E-state index contributed by atoms with van der Waals surface area (Å²) in [5.41, 5.74) is -1.26. The molecule has 230 valence electrons. The van der Waals surface area contributed by atoms with Crippen molar-refractivity contribution in [3.63, 3.8) is 0 Å². The summed E-state index contributed by atoms with van der Waals surface area (Å²) in [7, 11) is -4.55. The number of hydrogen-bond donors (Lipinski definition) is 2. The Balaban J connectivity index is 5.51. The van der Waals surface area contributed by atoms with Crippen LogP contribution in [0, 0.1) is 23.7 Å². The Morgan fingerprint density at radius 3 is 2.10 bits per heavy atom. The summed E-state index contributed by atoms with van der Waals surface area (Å²) in [5.74, 6) is -3.52. The molecule has 0 saturated carbocycles. The predicted octanol–water partition coefficient (Wildman–Crippen LogP) is 4.14. The molecule has 0 aliphatic rings. The molecule has 0 bridgehead atoms. The van der Waals surface area contributed by atoms with E-state index in [1.54, 1.807) is 13.8 Å². The van der Waals surface area contributed by atoms with Gasteiger partial charge < -0.3 is 24.7 Å². The Morgan fingerprint density at radius 1 is 0.923 bits per heavy atom. The van der Waals surface area contributed by atoms with Crippen LogP contribution in [0.3, 0.4) is 0 Å². The minimum atomic E-state index is -4.55. The zero-order chi connectivity index (χ0) is 30.1. The molecule has 0 radical (unpaired) electrons. The van der Waals surface area contributed by atoms with Crippen molar-refractivity contribution in [2.45, 2.75) is 112 Å². The van der Waals surface area contributed by atoms with E-state index >= 15 is 0 Å². The van der Waals surface area contributed by atoms with Gasteiger partial charge in [-0.2, -0.15) is 0 Å². The van der Waals surface area contributed by atoms with Gasteiger partial charge in [-0.25, -0.2) is 8.42 Å². The molecule has 4 atom stereocenters. The first-order valence-electron chi connectivity index (χ1n) is 14.5. The zero-order valence-electron chi connectivity index (χ0n) is 25.2. The van der Waals surface area contributed by atoms with Crippen LogP contribution in [-0.2, 0) is 34.0 Å². The molecule has 0 fully saturated rings. The average molecular weight is 578 g/mol. The van der Waals surface area contributed by atoms with Crippen LogP contribution in [0.25, 0.3) is 0 Å². The lowest BCUT2D eigenvalue weighted by atomic mass is 9.85. The summed E-state index contributed by atoms with van der Waals surface area (Å²) >= 11 is 0. The fraction of sp³-hybridized carbons (Fsp3) is 0.893. The molecule has 0 aromatic heterocycles. The molecule has 11 heteroatoms. The molecular formula is C28H53N2O8S-. The third-order valence-electron chi connectivity index (χ3n) is 6.85. The van der Waals surface area contributed by atoms with Crippen LogP contribution < -0.4 is 10.6 Å². The molecule has 0 rings (SSSR count). The molecule has 4 unspecified atom stereocenters. The van der Waals surface area contributed by atoms with Crippen molar-refractivity contribution in [2.75, 3.05) is 25.7 Å². The van der Waals surface area contributed by atoms with E-state index in [0.717, 1.165) is 38.5 Å². The van der Waals surface area contributed by atoms with Crippen LogP contribution in [-0.4, -0.2) is 62.0 Å². The Hall–Kier alpha value is -1.72. The maximum Gasteiger partial charge on any atom is 0.308 e. The lowest BCUT2D eigenvalue weighted by Gasteiger charge is -2.30. The molecule has 0 aliphatic heterocycles. The molecule has 0 heterocycles. The number of nitrogens with one attached hydrogen (secondary N) is 2. The van der Waals surface area contributed by atoms with Gasteiger partial charge in [0.25, 0.3) is 0 Å². The molecule has 0 aromatic rings. The Labute approximate surface area is 236 Å². The van der Waals surface area contributed by atoms with E-state index in [1.165, 1.54) is 13.8 Å². The maximum atomic E-state index is 13.2. The third-order valence-corrected chi connectivity index (χ3v) is 7.92. The van der Waals surface area contributed by atoms with Crippen molar-refractivity contribution in [1.29, 1.82) is 0 Å². The summed E-state index contributed by atoms with van der Waals surface area (Å²) < 4.78 is 44.9. The predicted molar refractivity (Wildman–Crippen MR) is 151 cm³/mol. The van der Waals surface area contributed by atoms with Gasteiger partial charge in [0.05, 0.1) is 28.4 Å². The van der Waals surface area contributed by atoms with Crippen LogP contribution in [0.15, 0.2) is 0 Å². The highest BCUT2D eigenvalue weighted by Gasteiger charge is 2.33. The van der Waals surface area contributed by atoms with Crippen molar-refractivity contribution in [3.05, 3.63) is 0 Å². The SMILES string of the molecule is CCCCOCNC(=O)C(C)CC(CC(CC)C(=O)NC(C)(C)CS(=O)(=O)[O-])C(=O)OCC(CC)CCCC. The van der Waals surface area contributed by atoms with Crippen LogP contribution in [0.4, 0.5) is 0 Å². The van der Waals surface area contributed by atoms with E-state index in [2.05, 4.69) is 24.5 Å². The van der Waals surface area contributed by atoms with Crippen molar-refractivity contribution in [2.24, 2.45) is 23.7 Å². The van der Waals surface area contributed by atoms with Gasteiger partial charge in [0, 0.05) is 24.0 Å². The molecule has 0 aromatic carbocycles. The number of carbonyl (C=O) groups is 3. The van der Waals surface area contributed by atoms with E-state index in [1.807, 2.05) is 6.92 Å². The van der Waals surface area contributed by atoms with Crippen LogP contribution >= 0.6 is 0 Å². The quantitative estimate of drug-likeness (QED) is 0.0843. The van der Waals surface area contributed by atoms with Crippen LogP contribution in [0.5, 0.6) is 0 Å². The fourth-order valence-electron chi connectivity index (χ4n) is 4.37. The standard InChI is InChI=1S/C28H54N2O8S/c1-8-12-14-22(10-3)18-38-27(33)24(16-21(5)25(31)29-20-37-15-13-9-2)17-23(11-4)26(32)30-28(6,7)19-39(34,35)36/h21-24H,8-20H2,1-7H3,(H,29,31)(H,30,32)(H,34,35,36)/p-1. The van der Waals surface area contributed by atoms with E-state index in [-0.39, 0.29) is 38.0 Å². The first kappa shape index (κ1) is 37.3. The smallest absolute Gasteiger partial charge is 0.308 e.